The van der Waals surface area contributed by atoms with Crippen molar-refractivity contribution in [2.75, 3.05) is 39.5 Å². The summed E-state index contributed by atoms with van der Waals surface area (Å²) in [7, 11) is 0. The predicted octanol–water partition coefficient (Wildman–Crippen LogP) is 2.00. The summed E-state index contributed by atoms with van der Waals surface area (Å²) in [6.07, 6.45) is 0. The van der Waals surface area contributed by atoms with E-state index in [2.05, 4.69) is 10.6 Å². The van der Waals surface area contributed by atoms with Crippen LogP contribution in [0.5, 0.6) is 0 Å². The molecular weight excluding hydrogens is 388 g/mol. The first kappa shape index (κ1) is 23.5. The van der Waals surface area contributed by atoms with E-state index in [0.717, 1.165) is 11.1 Å². The Bertz CT molecular complexity index is 744. The SMILES string of the molecule is O=C(O)c1ccccc1CNCCOCCOCCNCc1ccccc1C(=O)O. The Labute approximate surface area is 175 Å². The highest BCUT2D eigenvalue weighted by atomic mass is 16.5. The van der Waals surface area contributed by atoms with Crippen molar-refractivity contribution >= 4 is 11.9 Å². The largest absolute Gasteiger partial charge is 0.478 e. The molecular formula is C22H28N2O6. The molecule has 0 spiro atoms. The minimum atomic E-state index is -0.929. The fourth-order valence-electron chi connectivity index (χ4n) is 2.82. The molecule has 0 unspecified atom stereocenters. The van der Waals surface area contributed by atoms with Gasteiger partial charge in [0.25, 0.3) is 0 Å². The molecule has 30 heavy (non-hydrogen) atoms. The molecule has 0 fully saturated rings. The van der Waals surface area contributed by atoms with Crippen LogP contribution in [0.2, 0.25) is 0 Å². The number of benzene rings is 2. The number of ether oxygens (including phenoxy) is 2. The van der Waals surface area contributed by atoms with E-state index in [1.807, 2.05) is 12.1 Å². The zero-order valence-corrected chi connectivity index (χ0v) is 16.8. The van der Waals surface area contributed by atoms with Gasteiger partial charge in [-0.05, 0) is 23.3 Å². The molecule has 0 saturated heterocycles. The lowest BCUT2D eigenvalue weighted by atomic mass is 10.1. The van der Waals surface area contributed by atoms with Crippen LogP contribution < -0.4 is 10.6 Å². The Morgan fingerprint density at radius 2 is 1.07 bits per heavy atom. The first-order valence-electron chi connectivity index (χ1n) is 9.79. The van der Waals surface area contributed by atoms with Gasteiger partial charge in [-0.2, -0.15) is 0 Å². The molecule has 0 aliphatic carbocycles. The van der Waals surface area contributed by atoms with Gasteiger partial charge in [0, 0.05) is 26.2 Å². The molecule has 4 N–H and O–H groups in total. The lowest BCUT2D eigenvalue weighted by molar-refractivity contribution is 0.0497. The van der Waals surface area contributed by atoms with E-state index < -0.39 is 11.9 Å². The summed E-state index contributed by atoms with van der Waals surface area (Å²) in [4.78, 5) is 22.3. The van der Waals surface area contributed by atoms with Gasteiger partial charge < -0.3 is 30.3 Å². The van der Waals surface area contributed by atoms with E-state index in [0.29, 0.717) is 63.7 Å². The van der Waals surface area contributed by atoms with Gasteiger partial charge in [0.1, 0.15) is 0 Å². The maximum absolute atomic E-state index is 11.1. The van der Waals surface area contributed by atoms with Crippen LogP contribution in [-0.2, 0) is 22.6 Å². The maximum Gasteiger partial charge on any atom is 0.336 e. The highest BCUT2D eigenvalue weighted by Gasteiger charge is 2.08. The number of carboxylic acid groups (broad SMARTS) is 2. The van der Waals surface area contributed by atoms with Crippen molar-refractivity contribution < 1.29 is 29.3 Å². The molecule has 0 aliphatic heterocycles. The predicted molar refractivity (Wildman–Crippen MR) is 112 cm³/mol. The van der Waals surface area contributed by atoms with Crippen molar-refractivity contribution in [3.8, 4) is 0 Å². The van der Waals surface area contributed by atoms with Crippen molar-refractivity contribution in [1.29, 1.82) is 0 Å². The summed E-state index contributed by atoms with van der Waals surface area (Å²) in [6.45, 7) is 4.10. The van der Waals surface area contributed by atoms with Gasteiger partial charge in [-0.1, -0.05) is 36.4 Å². The van der Waals surface area contributed by atoms with Crippen LogP contribution in [-0.4, -0.2) is 61.7 Å². The normalized spacial score (nSPS) is 10.8. The molecule has 0 amide bonds. The van der Waals surface area contributed by atoms with E-state index in [-0.39, 0.29) is 0 Å². The first-order chi connectivity index (χ1) is 14.6. The number of hydrogen-bond donors (Lipinski definition) is 4. The van der Waals surface area contributed by atoms with Gasteiger partial charge in [0.15, 0.2) is 0 Å². The smallest absolute Gasteiger partial charge is 0.336 e. The highest BCUT2D eigenvalue weighted by molar-refractivity contribution is 5.89. The summed E-state index contributed by atoms with van der Waals surface area (Å²) in [6, 6.07) is 13.8. The van der Waals surface area contributed by atoms with Crippen LogP contribution in [0.4, 0.5) is 0 Å². The molecule has 0 radical (unpaired) electrons. The monoisotopic (exact) mass is 416 g/mol. The Kier molecular flexibility index (Phi) is 10.5. The van der Waals surface area contributed by atoms with Crippen molar-refractivity contribution in [2.24, 2.45) is 0 Å². The summed E-state index contributed by atoms with van der Waals surface area (Å²) in [5.41, 5.74) is 2.09. The molecule has 0 heterocycles. The number of rotatable bonds is 15. The number of carboxylic acids is 2. The molecule has 8 nitrogen and oxygen atoms in total. The van der Waals surface area contributed by atoms with Crippen LogP contribution in [0.15, 0.2) is 48.5 Å². The van der Waals surface area contributed by atoms with Crippen LogP contribution in [0.3, 0.4) is 0 Å². The number of nitrogens with one attached hydrogen (secondary N) is 2. The Morgan fingerprint density at radius 1 is 0.667 bits per heavy atom. The van der Waals surface area contributed by atoms with E-state index in [9.17, 15) is 9.59 Å². The molecule has 2 aromatic carbocycles. The average Bonchev–Trinajstić information content (AvgIpc) is 2.74. The average molecular weight is 416 g/mol. The van der Waals surface area contributed by atoms with Gasteiger partial charge in [0.05, 0.1) is 37.6 Å². The fourth-order valence-corrected chi connectivity index (χ4v) is 2.82. The second kappa shape index (κ2) is 13.4. The quantitative estimate of drug-likeness (QED) is 0.326. The second-order valence-corrected chi connectivity index (χ2v) is 6.50. The number of carbonyl (C=O) groups is 2. The van der Waals surface area contributed by atoms with Gasteiger partial charge in [-0.3, -0.25) is 0 Å². The first-order valence-corrected chi connectivity index (χ1v) is 9.79. The minimum absolute atomic E-state index is 0.305. The van der Waals surface area contributed by atoms with Gasteiger partial charge >= 0.3 is 11.9 Å². The zero-order chi connectivity index (χ0) is 21.6. The summed E-state index contributed by atoms with van der Waals surface area (Å²) < 4.78 is 11.0. The van der Waals surface area contributed by atoms with Crippen LogP contribution >= 0.6 is 0 Å². The van der Waals surface area contributed by atoms with Crippen molar-refractivity contribution in [2.45, 2.75) is 13.1 Å². The Balaban J connectivity index is 1.46. The van der Waals surface area contributed by atoms with Crippen molar-refractivity contribution in [3.63, 3.8) is 0 Å². The topological polar surface area (TPSA) is 117 Å². The Morgan fingerprint density at radius 3 is 1.47 bits per heavy atom. The molecule has 0 bridgehead atoms. The molecule has 0 aromatic heterocycles. The molecule has 2 rings (SSSR count). The zero-order valence-electron chi connectivity index (χ0n) is 16.8. The lowest BCUT2D eigenvalue weighted by Crippen LogP contribution is -2.23. The van der Waals surface area contributed by atoms with Gasteiger partial charge in [0.2, 0.25) is 0 Å². The number of aromatic carboxylic acids is 2. The molecule has 0 saturated carbocycles. The second-order valence-electron chi connectivity index (χ2n) is 6.50. The number of hydrogen-bond acceptors (Lipinski definition) is 6. The minimum Gasteiger partial charge on any atom is -0.478 e. The fraction of sp³-hybridized carbons (Fsp3) is 0.364. The van der Waals surface area contributed by atoms with E-state index in [1.54, 1.807) is 36.4 Å². The standard InChI is InChI=1S/C22H28N2O6/c25-21(26)19-7-3-1-5-17(19)15-23-9-11-29-13-14-30-12-10-24-16-18-6-2-4-8-20(18)22(27)28/h1-8,23-24H,9-16H2,(H,25,26)(H,27,28). The van der Waals surface area contributed by atoms with E-state index >= 15 is 0 Å². The maximum atomic E-state index is 11.1. The molecule has 0 aliphatic rings. The molecule has 2 aromatic rings. The molecule has 162 valence electrons. The van der Waals surface area contributed by atoms with Crippen molar-refractivity contribution in [3.05, 3.63) is 70.8 Å². The van der Waals surface area contributed by atoms with Crippen LogP contribution in [0.25, 0.3) is 0 Å². The summed E-state index contributed by atoms with van der Waals surface area (Å²) in [5, 5.41) is 24.6. The summed E-state index contributed by atoms with van der Waals surface area (Å²) in [5.74, 6) is -1.86. The lowest BCUT2D eigenvalue weighted by Gasteiger charge is -2.10. The van der Waals surface area contributed by atoms with Gasteiger partial charge in [-0.15, -0.1) is 0 Å². The Hall–Kier alpha value is -2.78. The van der Waals surface area contributed by atoms with Crippen LogP contribution in [0, 0.1) is 0 Å². The third-order valence-corrected chi connectivity index (χ3v) is 4.34. The summed E-state index contributed by atoms with van der Waals surface area (Å²) >= 11 is 0. The molecule has 0 atom stereocenters. The van der Waals surface area contributed by atoms with Gasteiger partial charge in [-0.25, -0.2) is 9.59 Å². The third-order valence-electron chi connectivity index (χ3n) is 4.34. The van der Waals surface area contributed by atoms with Crippen LogP contribution in [0.1, 0.15) is 31.8 Å². The van der Waals surface area contributed by atoms with E-state index in [1.165, 1.54) is 0 Å². The third kappa shape index (κ3) is 8.30. The van der Waals surface area contributed by atoms with Crippen molar-refractivity contribution in [1.82, 2.24) is 10.6 Å². The molecule has 8 heteroatoms. The highest BCUT2D eigenvalue weighted by Crippen LogP contribution is 2.09. The van der Waals surface area contributed by atoms with E-state index in [4.69, 9.17) is 19.7 Å².